The van der Waals surface area contributed by atoms with Gasteiger partial charge in [0.25, 0.3) is 5.56 Å². The van der Waals surface area contributed by atoms with Crippen LogP contribution >= 0.6 is 11.3 Å². The van der Waals surface area contributed by atoms with Crippen molar-refractivity contribution in [2.75, 3.05) is 6.61 Å². The summed E-state index contributed by atoms with van der Waals surface area (Å²) in [6.45, 7) is 8.27. The minimum absolute atomic E-state index is 0.0228. The summed E-state index contributed by atoms with van der Waals surface area (Å²) in [6, 6.07) is -0.0228. The van der Waals surface area contributed by atoms with Crippen molar-refractivity contribution in [1.29, 1.82) is 0 Å². The first kappa shape index (κ1) is 21.8. The number of aryl methyl sites for hydroxylation is 1. The number of amides is 1. The summed E-state index contributed by atoms with van der Waals surface area (Å²) in [7, 11) is 0. The molecule has 2 aliphatic rings. The molecule has 10 heteroatoms. The number of ether oxygens (including phenoxy) is 2. The largest absolute Gasteiger partial charge is 0.443 e. The zero-order valence-corrected chi connectivity index (χ0v) is 19.1. The fourth-order valence-electron chi connectivity index (χ4n) is 3.76. The Labute approximate surface area is 183 Å². The molecule has 1 N–H and O–H groups in total. The summed E-state index contributed by atoms with van der Waals surface area (Å²) >= 11 is 1.32. The van der Waals surface area contributed by atoms with Crippen LogP contribution in [-0.4, -0.2) is 39.8 Å². The molecule has 31 heavy (non-hydrogen) atoms. The first-order chi connectivity index (χ1) is 14.7. The molecule has 9 nitrogen and oxygen atoms in total. The molecule has 1 aliphatic carbocycles. The molecular weight excluding hydrogens is 420 g/mol. The monoisotopic (exact) mass is 448 g/mol. The van der Waals surface area contributed by atoms with E-state index in [1.165, 1.54) is 22.1 Å². The maximum absolute atomic E-state index is 13.2. The number of carbonyl (C=O) groups is 1. The molecule has 1 aliphatic heterocycles. The second kappa shape index (κ2) is 8.23. The minimum atomic E-state index is -0.658. The van der Waals surface area contributed by atoms with E-state index >= 15 is 0 Å². The SMILES string of the molecule is Cc1c(/C=N/NC(=O)OC(C)(C)C)sc2c1c(=O)n(C1CC1)c(=O)n2C[C@H]1CCCO1. The van der Waals surface area contributed by atoms with Crippen molar-refractivity contribution >= 4 is 33.9 Å². The highest BCUT2D eigenvalue weighted by Gasteiger charge is 2.31. The molecule has 1 atom stereocenters. The van der Waals surface area contributed by atoms with Gasteiger partial charge in [0.15, 0.2) is 0 Å². The second-order valence-corrected chi connectivity index (χ2v) is 10.1. The number of hydrazone groups is 1. The standard InChI is InChI=1S/C21H28N4O5S/c1-12-15(10-22-23-19(27)30-21(2,3)4)31-18-16(12)17(26)25(13-7-8-13)20(28)24(18)11-14-6-5-9-29-14/h10,13-14H,5-9,11H2,1-4H3,(H,23,27)/b22-10+/t14-/m1/s1. The van der Waals surface area contributed by atoms with Crippen molar-refractivity contribution in [3.8, 4) is 0 Å². The van der Waals surface area contributed by atoms with Crippen LogP contribution in [0.1, 0.15) is 62.9 Å². The van der Waals surface area contributed by atoms with Gasteiger partial charge in [-0.3, -0.25) is 13.9 Å². The summed E-state index contributed by atoms with van der Waals surface area (Å²) in [5, 5.41) is 4.51. The molecule has 0 radical (unpaired) electrons. The zero-order chi connectivity index (χ0) is 22.3. The molecule has 1 saturated carbocycles. The predicted molar refractivity (Wildman–Crippen MR) is 119 cm³/mol. The van der Waals surface area contributed by atoms with Crippen LogP contribution in [0, 0.1) is 6.92 Å². The van der Waals surface area contributed by atoms with Crippen LogP contribution < -0.4 is 16.7 Å². The second-order valence-electron chi connectivity index (χ2n) is 9.08. The van der Waals surface area contributed by atoms with E-state index < -0.39 is 11.7 Å². The van der Waals surface area contributed by atoms with Crippen LogP contribution in [0.2, 0.25) is 0 Å². The number of carbonyl (C=O) groups excluding carboxylic acids is 1. The van der Waals surface area contributed by atoms with Gasteiger partial charge < -0.3 is 9.47 Å². The van der Waals surface area contributed by atoms with Crippen LogP contribution in [0.4, 0.5) is 4.79 Å². The van der Waals surface area contributed by atoms with E-state index in [1.807, 2.05) is 6.92 Å². The molecular formula is C21H28N4O5S. The Morgan fingerprint density at radius 1 is 1.32 bits per heavy atom. The van der Waals surface area contributed by atoms with Gasteiger partial charge in [-0.15, -0.1) is 11.3 Å². The van der Waals surface area contributed by atoms with Gasteiger partial charge in [-0.2, -0.15) is 5.10 Å². The Bertz CT molecular complexity index is 1140. The van der Waals surface area contributed by atoms with Crippen LogP contribution in [0.3, 0.4) is 0 Å². The summed E-state index contributed by atoms with van der Waals surface area (Å²) in [6.07, 6.45) is 4.37. The molecule has 2 aromatic heterocycles. The van der Waals surface area contributed by atoms with Crippen molar-refractivity contribution in [2.45, 2.75) is 77.7 Å². The number of hydrogen-bond donors (Lipinski definition) is 1. The summed E-state index contributed by atoms with van der Waals surface area (Å²) < 4.78 is 14.0. The average molecular weight is 449 g/mol. The highest BCUT2D eigenvalue weighted by atomic mass is 32.1. The van der Waals surface area contributed by atoms with Gasteiger partial charge in [-0.05, 0) is 58.9 Å². The van der Waals surface area contributed by atoms with Crippen LogP contribution in [0.25, 0.3) is 10.2 Å². The fraction of sp³-hybridized carbons (Fsp3) is 0.619. The Morgan fingerprint density at radius 3 is 2.68 bits per heavy atom. The Hall–Kier alpha value is -2.46. The molecule has 0 aromatic carbocycles. The maximum Gasteiger partial charge on any atom is 0.428 e. The lowest BCUT2D eigenvalue weighted by Crippen LogP contribution is -2.40. The molecule has 2 aromatic rings. The van der Waals surface area contributed by atoms with Crippen LogP contribution in [0.15, 0.2) is 14.7 Å². The van der Waals surface area contributed by atoms with Gasteiger partial charge in [0.1, 0.15) is 10.4 Å². The lowest BCUT2D eigenvalue weighted by molar-refractivity contribution is 0.0529. The van der Waals surface area contributed by atoms with Gasteiger partial charge in [0, 0.05) is 12.6 Å². The number of rotatable bonds is 5. The lowest BCUT2D eigenvalue weighted by Gasteiger charge is -2.18. The summed E-state index contributed by atoms with van der Waals surface area (Å²) in [5.41, 5.74) is 1.94. The number of fused-ring (bicyclic) bond motifs is 1. The quantitative estimate of drug-likeness (QED) is 0.559. The van der Waals surface area contributed by atoms with Gasteiger partial charge in [-0.1, -0.05) is 0 Å². The lowest BCUT2D eigenvalue weighted by atomic mass is 10.2. The minimum Gasteiger partial charge on any atom is -0.443 e. The topological polar surface area (TPSA) is 104 Å². The Morgan fingerprint density at radius 2 is 2.06 bits per heavy atom. The Balaban J connectivity index is 1.72. The van der Waals surface area contributed by atoms with Crippen molar-refractivity contribution in [3.63, 3.8) is 0 Å². The number of nitrogens with zero attached hydrogens (tertiary/aromatic N) is 3. The van der Waals surface area contributed by atoms with Gasteiger partial charge in [0.05, 0.1) is 29.1 Å². The van der Waals surface area contributed by atoms with E-state index in [1.54, 1.807) is 25.3 Å². The first-order valence-electron chi connectivity index (χ1n) is 10.6. The predicted octanol–water partition coefficient (Wildman–Crippen LogP) is 2.91. The molecule has 3 heterocycles. The number of thiophene rings is 1. The Kier molecular flexibility index (Phi) is 5.78. The third kappa shape index (κ3) is 4.59. The van der Waals surface area contributed by atoms with Gasteiger partial charge in [-0.25, -0.2) is 15.0 Å². The summed E-state index contributed by atoms with van der Waals surface area (Å²) in [5.74, 6) is 0. The van der Waals surface area contributed by atoms with Crippen LogP contribution in [0.5, 0.6) is 0 Å². The van der Waals surface area contributed by atoms with E-state index in [4.69, 9.17) is 9.47 Å². The van der Waals surface area contributed by atoms with E-state index in [-0.39, 0.29) is 23.4 Å². The average Bonchev–Trinajstić information content (AvgIpc) is 3.25. The smallest absolute Gasteiger partial charge is 0.428 e. The molecule has 168 valence electrons. The third-order valence-corrected chi connectivity index (χ3v) is 6.59. The van der Waals surface area contributed by atoms with E-state index in [0.717, 1.165) is 31.2 Å². The van der Waals surface area contributed by atoms with E-state index in [9.17, 15) is 14.4 Å². The van der Waals surface area contributed by atoms with Crippen molar-refractivity contribution in [3.05, 3.63) is 31.3 Å². The van der Waals surface area contributed by atoms with Gasteiger partial charge >= 0.3 is 11.8 Å². The first-order valence-corrected chi connectivity index (χ1v) is 11.4. The van der Waals surface area contributed by atoms with Gasteiger partial charge in [0.2, 0.25) is 0 Å². The third-order valence-electron chi connectivity index (χ3n) is 5.34. The zero-order valence-electron chi connectivity index (χ0n) is 18.3. The maximum atomic E-state index is 13.2. The highest BCUT2D eigenvalue weighted by Crippen LogP contribution is 2.34. The molecule has 0 spiro atoms. The molecule has 1 amide bonds. The molecule has 2 fully saturated rings. The number of aromatic nitrogens is 2. The van der Waals surface area contributed by atoms with Crippen molar-refractivity contribution < 1.29 is 14.3 Å². The molecule has 0 bridgehead atoms. The molecule has 4 rings (SSSR count). The normalized spacial score (nSPS) is 19.4. The van der Waals surface area contributed by atoms with E-state index in [2.05, 4.69) is 10.5 Å². The highest BCUT2D eigenvalue weighted by molar-refractivity contribution is 7.20. The van der Waals surface area contributed by atoms with E-state index in [0.29, 0.717) is 28.2 Å². The fourth-order valence-corrected chi connectivity index (χ4v) is 4.93. The molecule has 0 unspecified atom stereocenters. The number of nitrogens with one attached hydrogen (secondary N) is 1. The van der Waals surface area contributed by atoms with Crippen molar-refractivity contribution in [1.82, 2.24) is 14.6 Å². The summed E-state index contributed by atoms with van der Waals surface area (Å²) in [4.78, 5) is 39.5. The molecule has 1 saturated heterocycles. The van der Waals surface area contributed by atoms with Crippen LogP contribution in [-0.2, 0) is 16.0 Å². The number of hydrogen-bond acceptors (Lipinski definition) is 7. The van der Waals surface area contributed by atoms with Crippen molar-refractivity contribution in [2.24, 2.45) is 5.10 Å².